The molecule has 2 aliphatic rings. The van der Waals surface area contributed by atoms with Crippen LogP contribution in [-0.4, -0.2) is 35.2 Å². The van der Waals surface area contributed by atoms with Crippen molar-refractivity contribution in [2.75, 3.05) is 0 Å². The smallest absolute Gasteiger partial charge is 0.190 e. The molecule has 4 rings (SSSR count). The zero-order valence-electron chi connectivity index (χ0n) is 15.3. The number of oxime groups is 2. The first-order chi connectivity index (χ1) is 13.7. The summed E-state index contributed by atoms with van der Waals surface area (Å²) in [5, 5.41) is 8.05. The molecule has 0 fully saturated rings. The van der Waals surface area contributed by atoms with E-state index in [2.05, 4.69) is 10.3 Å². The van der Waals surface area contributed by atoms with Crippen molar-refractivity contribution < 1.29 is 19.3 Å². The molecule has 0 saturated carbocycles. The van der Waals surface area contributed by atoms with Crippen LogP contribution in [0.25, 0.3) is 0 Å². The molecule has 6 heteroatoms. The van der Waals surface area contributed by atoms with Crippen LogP contribution in [0.3, 0.4) is 0 Å². The number of Topliss-reactive ketones (excluding diaryl/α,β-unsaturated/α-hetero) is 2. The predicted octanol–water partition coefficient (Wildman–Crippen LogP) is 3.29. The normalized spacial score (nSPS) is 20.7. The molecule has 0 unspecified atom stereocenters. The Kier molecular flexibility index (Phi) is 5.28. The van der Waals surface area contributed by atoms with E-state index in [1.807, 2.05) is 60.7 Å². The molecule has 0 spiro atoms. The van der Waals surface area contributed by atoms with Crippen molar-refractivity contribution >= 4 is 23.0 Å². The van der Waals surface area contributed by atoms with Gasteiger partial charge < -0.3 is 9.68 Å². The fourth-order valence-corrected chi connectivity index (χ4v) is 3.27. The maximum atomic E-state index is 12.4. The monoisotopic (exact) mass is 376 g/mol. The summed E-state index contributed by atoms with van der Waals surface area (Å²) in [5.74, 6) is -0.240. The fourth-order valence-electron chi connectivity index (χ4n) is 3.27. The van der Waals surface area contributed by atoms with Gasteiger partial charge in [-0.2, -0.15) is 0 Å². The SMILES string of the molecule is O=C(CCC(=O)[C@H]1CC(c2ccccc2)=NO1)[C@@H]1CC(c2ccccc2)=NO1. The van der Waals surface area contributed by atoms with Gasteiger partial charge in [0.05, 0.1) is 11.4 Å². The molecule has 0 radical (unpaired) electrons. The first-order valence-corrected chi connectivity index (χ1v) is 9.32. The van der Waals surface area contributed by atoms with Gasteiger partial charge in [-0.1, -0.05) is 71.0 Å². The molecule has 2 heterocycles. The summed E-state index contributed by atoms with van der Waals surface area (Å²) < 4.78 is 0. The highest BCUT2D eigenvalue weighted by Crippen LogP contribution is 2.21. The highest BCUT2D eigenvalue weighted by molar-refractivity contribution is 6.06. The number of ketones is 2. The van der Waals surface area contributed by atoms with Gasteiger partial charge >= 0.3 is 0 Å². The van der Waals surface area contributed by atoms with Crippen LogP contribution in [0.5, 0.6) is 0 Å². The largest absolute Gasteiger partial charge is 0.384 e. The molecular formula is C22H20N2O4. The lowest BCUT2D eigenvalue weighted by Crippen LogP contribution is -2.25. The van der Waals surface area contributed by atoms with Gasteiger partial charge in [0, 0.05) is 25.7 Å². The lowest BCUT2D eigenvalue weighted by atomic mass is 9.97. The molecule has 0 N–H and O–H groups in total. The Morgan fingerprint density at radius 1 is 0.714 bits per heavy atom. The number of carbonyl (C=O) groups is 2. The summed E-state index contributed by atoms with van der Waals surface area (Å²) in [6.45, 7) is 0. The fraction of sp³-hybridized carbons (Fsp3) is 0.273. The van der Waals surface area contributed by atoms with Crippen LogP contribution < -0.4 is 0 Å². The van der Waals surface area contributed by atoms with Crippen LogP contribution in [0.1, 0.15) is 36.8 Å². The summed E-state index contributed by atoms with van der Waals surface area (Å²) in [7, 11) is 0. The highest BCUT2D eigenvalue weighted by atomic mass is 16.6. The molecule has 0 amide bonds. The summed E-state index contributed by atoms with van der Waals surface area (Å²) in [4.78, 5) is 35.4. The van der Waals surface area contributed by atoms with Crippen LogP contribution >= 0.6 is 0 Å². The zero-order chi connectivity index (χ0) is 19.3. The van der Waals surface area contributed by atoms with Crippen molar-refractivity contribution in [3.8, 4) is 0 Å². The minimum atomic E-state index is -0.622. The first-order valence-electron chi connectivity index (χ1n) is 9.32. The Bertz CT molecular complexity index is 845. The van der Waals surface area contributed by atoms with Gasteiger partial charge in [0.15, 0.2) is 23.8 Å². The van der Waals surface area contributed by atoms with E-state index < -0.39 is 12.2 Å². The third kappa shape index (κ3) is 4.01. The molecule has 0 aliphatic carbocycles. The Morgan fingerprint density at radius 2 is 1.11 bits per heavy atom. The van der Waals surface area contributed by atoms with Crippen molar-refractivity contribution in [3.63, 3.8) is 0 Å². The van der Waals surface area contributed by atoms with Crippen LogP contribution in [0.4, 0.5) is 0 Å². The molecule has 28 heavy (non-hydrogen) atoms. The molecule has 0 aromatic heterocycles. The van der Waals surface area contributed by atoms with Gasteiger partial charge in [-0.3, -0.25) is 9.59 Å². The summed E-state index contributed by atoms with van der Waals surface area (Å²) in [6, 6.07) is 19.2. The van der Waals surface area contributed by atoms with E-state index in [0.717, 1.165) is 22.6 Å². The summed E-state index contributed by atoms with van der Waals surface area (Å²) in [5.41, 5.74) is 3.40. The number of hydrogen-bond donors (Lipinski definition) is 0. The molecular weight excluding hydrogens is 356 g/mol. The number of rotatable bonds is 7. The Hall–Kier alpha value is -3.28. The minimum Gasteiger partial charge on any atom is -0.384 e. The second-order valence-electron chi connectivity index (χ2n) is 6.84. The predicted molar refractivity (Wildman–Crippen MR) is 104 cm³/mol. The van der Waals surface area contributed by atoms with Crippen molar-refractivity contribution in [2.45, 2.75) is 37.9 Å². The van der Waals surface area contributed by atoms with E-state index in [9.17, 15) is 9.59 Å². The van der Waals surface area contributed by atoms with E-state index in [0.29, 0.717) is 12.8 Å². The van der Waals surface area contributed by atoms with Crippen molar-refractivity contribution in [2.24, 2.45) is 10.3 Å². The topological polar surface area (TPSA) is 77.3 Å². The van der Waals surface area contributed by atoms with Crippen molar-refractivity contribution in [1.29, 1.82) is 0 Å². The molecule has 2 atom stereocenters. The Labute approximate surface area is 162 Å². The lowest BCUT2D eigenvalue weighted by molar-refractivity contribution is -0.134. The van der Waals surface area contributed by atoms with Crippen LogP contribution in [0, 0.1) is 0 Å². The van der Waals surface area contributed by atoms with E-state index in [4.69, 9.17) is 9.68 Å². The second kappa shape index (κ2) is 8.17. The summed E-state index contributed by atoms with van der Waals surface area (Å²) in [6.07, 6.45) is -0.160. The number of hydrogen-bond acceptors (Lipinski definition) is 6. The van der Waals surface area contributed by atoms with Crippen molar-refractivity contribution in [3.05, 3.63) is 71.8 Å². The molecule has 2 aliphatic heterocycles. The third-order valence-corrected chi connectivity index (χ3v) is 4.89. The molecule has 142 valence electrons. The quantitative estimate of drug-likeness (QED) is 0.743. The molecule has 6 nitrogen and oxygen atoms in total. The standard InChI is InChI=1S/C22H20N2O4/c25-19(21-13-17(23-27-21)15-7-3-1-4-8-15)11-12-20(26)22-14-18(24-28-22)16-9-5-2-6-10-16/h1-10,21-22H,11-14H2/t21-,22+. The maximum absolute atomic E-state index is 12.4. The highest BCUT2D eigenvalue weighted by Gasteiger charge is 2.32. The molecule has 2 aromatic carbocycles. The minimum absolute atomic E-state index is 0.113. The number of nitrogens with zero attached hydrogens (tertiary/aromatic N) is 2. The second-order valence-corrected chi connectivity index (χ2v) is 6.84. The average molecular weight is 376 g/mol. The van der Waals surface area contributed by atoms with Gasteiger partial charge in [-0.15, -0.1) is 0 Å². The zero-order valence-corrected chi connectivity index (χ0v) is 15.3. The van der Waals surface area contributed by atoms with Crippen molar-refractivity contribution in [1.82, 2.24) is 0 Å². The first kappa shape index (κ1) is 18.1. The maximum Gasteiger partial charge on any atom is 0.190 e. The Morgan fingerprint density at radius 3 is 1.50 bits per heavy atom. The van der Waals surface area contributed by atoms with Crippen LogP contribution in [-0.2, 0) is 19.3 Å². The van der Waals surface area contributed by atoms with E-state index >= 15 is 0 Å². The third-order valence-electron chi connectivity index (χ3n) is 4.89. The lowest BCUT2D eigenvalue weighted by Gasteiger charge is -2.09. The van der Waals surface area contributed by atoms with E-state index in [-0.39, 0.29) is 24.4 Å². The van der Waals surface area contributed by atoms with Crippen LogP contribution in [0.15, 0.2) is 71.0 Å². The van der Waals surface area contributed by atoms with E-state index in [1.54, 1.807) is 0 Å². The number of benzene rings is 2. The average Bonchev–Trinajstić information content (AvgIpc) is 3.43. The van der Waals surface area contributed by atoms with Crippen LogP contribution in [0.2, 0.25) is 0 Å². The molecule has 0 saturated heterocycles. The Balaban J connectivity index is 1.24. The molecule has 2 aromatic rings. The van der Waals surface area contributed by atoms with Gasteiger partial charge in [-0.25, -0.2) is 0 Å². The van der Waals surface area contributed by atoms with Gasteiger partial charge in [0.25, 0.3) is 0 Å². The van der Waals surface area contributed by atoms with Gasteiger partial charge in [-0.05, 0) is 11.1 Å². The molecule has 0 bridgehead atoms. The van der Waals surface area contributed by atoms with Gasteiger partial charge in [0.1, 0.15) is 0 Å². The summed E-state index contributed by atoms with van der Waals surface area (Å²) >= 11 is 0. The number of carbonyl (C=O) groups excluding carboxylic acids is 2. The van der Waals surface area contributed by atoms with E-state index in [1.165, 1.54) is 0 Å². The van der Waals surface area contributed by atoms with Gasteiger partial charge in [0.2, 0.25) is 0 Å².